The first-order chi connectivity index (χ1) is 15.3. The number of hydrogen-bond acceptors (Lipinski definition) is 4. The second-order valence-corrected chi connectivity index (χ2v) is 7.81. The van der Waals surface area contributed by atoms with Crippen molar-refractivity contribution in [2.45, 2.75) is 13.0 Å². The van der Waals surface area contributed by atoms with Crippen LogP contribution in [0.3, 0.4) is 0 Å². The van der Waals surface area contributed by atoms with Crippen molar-refractivity contribution in [1.29, 1.82) is 0 Å². The van der Waals surface area contributed by atoms with E-state index >= 15 is 0 Å². The minimum Gasteiger partial charge on any atom is -0.507 e. The van der Waals surface area contributed by atoms with E-state index in [-0.39, 0.29) is 16.2 Å². The van der Waals surface area contributed by atoms with Crippen molar-refractivity contribution >= 4 is 34.7 Å². The van der Waals surface area contributed by atoms with Crippen molar-refractivity contribution in [3.05, 3.63) is 99.8 Å². The number of ether oxygens (including phenoxy) is 1. The van der Waals surface area contributed by atoms with E-state index in [9.17, 15) is 19.1 Å². The molecule has 3 aromatic carbocycles. The molecule has 3 aromatic rings. The molecule has 7 heteroatoms. The Kier molecular flexibility index (Phi) is 5.72. The Hall–Kier alpha value is -3.64. The monoisotopic (exact) mass is 451 g/mol. The molecule has 0 spiro atoms. The number of aliphatic hydroxyl groups is 1. The van der Waals surface area contributed by atoms with Gasteiger partial charge in [0.15, 0.2) is 0 Å². The summed E-state index contributed by atoms with van der Waals surface area (Å²) in [5.41, 5.74) is 1.91. The number of amides is 1. The Bertz CT molecular complexity index is 1250. The predicted molar refractivity (Wildman–Crippen MR) is 120 cm³/mol. The molecule has 1 saturated heterocycles. The molecule has 1 aliphatic heterocycles. The maximum absolute atomic E-state index is 13.5. The molecule has 1 heterocycles. The average molecular weight is 452 g/mol. The first kappa shape index (κ1) is 21.6. The van der Waals surface area contributed by atoms with Crippen LogP contribution in [-0.2, 0) is 9.59 Å². The van der Waals surface area contributed by atoms with Gasteiger partial charge in [-0.1, -0.05) is 41.4 Å². The Morgan fingerprint density at radius 3 is 2.44 bits per heavy atom. The molecule has 1 atom stereocenters. The van der Waals surface area contributed by atoms with Crippen molar-refractivity contribution in [2.24, 2.45) is 0 Å². The summed E-state index contributed by atoms with van der Waals surface area (Å²) in [6, 6.07) is 16.3. The zero-order valence-corrected chi connectivity index (χ0v) is 18.1. The van der Waals surface area contributed by atoms with Crippen molar-refractivity contribution in [2.75, 3.05) is 12.0 Å². The van der Waals surface area contributed by atoms with Gasteiger partial charge < -0.3 is 9.84 Å². The van der Waals surface area contributed by atoms with E-state index in [0.717, 1.165) is 5.56 Å². The Morgan fingerprint density at radius 1 is 1.06 bits per heavy atom. The smallest absolute Gasteiger partial charge is 0.300 e. The maximum Gasteiger partial charge on any atom is 0.300 e. The SMILES string of the molecule is COc1ccc(Cl)c(/C(O)=C2\C(=O)C(=O)N(c3ccc(F)cc3)C2c2cccc(C)c2)c1. The highest BCUT2D eigenvalue weighted by Gasteiger charge is 2.47. The van der Waals surface area contributed by atoms with Crippen molar-refractivity contribution in [3.63, 3.8) is 0 Å². The third kappa shape index (κ3) is 3.74. The molecule has 0 aromatic heterocycles. The average Bonchev–Trinajstić information content (AvgIpc) is 3.05. The molecule has 1 unspecified atom stereocenters. The molecule has 0 bridgehead atoms. The van der Waals surface area contributed by atoms with Gasteiger partial charge in [0.2, 0.25) is 0 Å². The van der Waals surface area contributed by atoms with Gasteiger partial charge in [0.05, 0.1) is 23.7 Å². The van der Waals surface area contributed by atoms with Crippen LogP contribution < -0.4 is 9.64 Å². The predicted octanol–water partition coefficient (Wildman–Crippen LogP) is 5.42. The van der Waals surface area contributed by atoms with Gasteiger partial charge in [-0.2, -0.15) is 0 Å². The van der Waals surface area contributed by atoms with Gasteiger partial charge in [0, 0.05) is 11.3 Å². The van der Waals surface area contributed by atoms with Crippen LogP contribution in [0.25, 0.3) is 5.76 Å². The number of hydrogen-bond donors (Lipinski definition) is 1. The molecule has 1 N–H and O–H groups in total. The fourth-order valence-electron chi connectivity index (χ4n) is 3.81. The van der Waals surface area contributed by atoms with Crippen molar-refractivity contribution in [1.82, 2.24) is 0 Å². The number of methoxy groups -OCH3 is 1. The summed E-state index contributed by atoms with van der Waals surface area (Å²) in [6.07, 6.45) is 0. The highest BCUT2D eigenvalue weighted by molar-refractivity contribution is 6.52. The summed E-state index contributed by atoms with van der Waals surface area (Å²) in [4.78, 5) is 27.5. The Labute approximate surface area is 189 Å². The number of carbonyl (C=O) groups excluding carboxylic acids is 2. The molecule has 0 saturated carbocycles. The maximum atomic E-state index is 13.5. The van der Waals surface area contributed by atoms with Crippen LogP contribution in [0.4, 0.5) is 10.1 Å². The minimum atomic E-state index is -0.928. The Morgan fingerprint density at radius 2 is 1.78 bits per heavy atom. The number of rotatable bonds is 4. The lowest BCUT2D eigenvalue weighted by Crippen LogP contribution is -2.29. The fraction of sp³-hybridized carbons (Fsp3) is 0.120. The second kappa shape index (κ2) is 8.48. The van der Waals surface area contributed by atoms with Crippen LogP contribution in [0.15, 0.2) is 72.3 Å². The molecule has 32 heavy (non-hydrogen) atoms. The summed E-state index contributed by atoms with van der Waals surface area (Å²) >= 11 is 6.30. The van der Waals surface area contributed by atoms with Gasteiger partial charge >= 0.3 is 0 Å². The summed E-state index contributed by atoms with van der Waals surface area (Å²) in [5, 5.41) is 11.4. The van der Waals surface area contributed by atoms with Gasteiger partial charge in [-0.05, 0) is 55.0 Å². The standard InChI is InChI=1S/C25H19ClFNO4/c1-14-4-3-5-15(12-14)22-21(23(29)19-13-18(32-2)10-11-20(19)26)24(30)25(31)28(22)17-8-6-16(27)7-9-17/h3-13,22,29H,1-2H3/b23-21+. The van der Waals surface area contributed by atoms with E-state index < -0.39 is 29.3 Å². The lowest BCUT2D eigenvalue weighted by atomic mass is 9.94. The van der Waals surface area contributed by atoms with Crippen LogP contribution in [0, 0.1) is 12.7 Å². The molecule has 1 amide bonds. The topological polar surface area (TPSA) is 66.8 Å². The van der Waals surface area contributed by atoms with E-state index in [0.29, 0.717) is 17.0 Å². The molecule has 1 fully saturated rings. The highest BCUT2D eigenvalue weighted by Crippen LogP contribution is 2.43. The number of halogens is 2. The van der Waals surface area contributed by atoms with Crippen molar-refractivity contribution < 1.29 is 23.8 Å². The number of benzene rings is 3. The van der Waals surface area contributed by atoms with E-state index in [1.165, 1.54) is 48.4 Å². The number of Topliss-reactive ketones (excluding diaryl/α,β-unsaturated/α-hetero) is 1. The number of carbonyl (C=O) groups is 2. The molecule has 5 nitrogen and oxygen atoms in total. The molecular weight excluding hydrogens is 433 g/mol. The normalized spacial score (nSPS) is 17.6. The highest BCUT2D eigenvalue weighted by atomic mass is 35.5. The Balaban J connectivity index is 1.98. The van der Waals surface area contributed by atoms with E-state index in [2.05, 4.69) is 0 Å². The zero-order valence-electron chi connectivity index (χ0n) is 17.3. The van der Waals surface area contributed by atoms with E-state index in [1.807, 2.05) is 19.1 Å². The van der Waals surface area contributed by atoms with Gasteiger partial charge in [-0.3, -0.25) is 14.5 Å². The molecular formula is C25H19ClFNO4. The first-order valence-corrected chi connectivity index (χ1v) is 10.2. The number of ketones is 1. The van der Waals surface area contributed by atoms with Crippen LogP contribution in [0.5, 0.6) is 5.75 Å². The fourth-order valence-corrected chi connectivity index (χ4v) is 4.02. The minimum absolute atomic E-state index is 0.111. The van der Waals surface area contributed by atoms with Crippen molar-refractivity contribution in [3.8, 4) is 5.75 Å². The summed E-state index contributed by atoms with van der Waals surface area (Å²) in [5.74, 6) is -2.15. The van der Waals surface area contributed by atoms with Crippen LogP contribution in [0.2, 0.25) is 5.02 Å². The molecule has 162 valence electrons. The number of anilines is 1. The first-order valence-electron chi connectivity index (χ1n) is 9.79. The zero-order chi connectivity index (χ0) is 23.0. The largest absolute Gasteiger partial charge is 0.507 e. The second-order valence-electron chi connectivity index (χ2n) is 7.41. The molecule has 1 aliphatic rings. The lowest BCUT2D eigenvalue weighted by Gasteiger charge is -2.25. The van der Waals surface area contributed by atoms with E-state index in [1.54, 1.807) is 18.2 Å². The molecule has 0 radical (unpaired) electrons. The van der Waals surface area contributed by atoms with Crippen LogP contribution >= 0.6 is 11.6 Å². The van der Waals surface area contributed by atoms with Gasteiger partial charge in [0.1, 0.15) is 17.3 Å². The third-order valence-corrected chi connectivity index (χ3v) is 5.67. The van der Waals surface area contributed by atoms with E-state index in [4.69, 9.17) is 16.3 Å². The molecule has 0 aliphatic carbocycles. The number of nitrogens with zero attached hydrogens (tertiary/aromatic N) is 1. The van der Waals surface area contributed by atoms with Gasteiger partial charge in [-0.15, -0.1) is 0 Å². The molecule has 4 rings (SSSR count). The summed E-state index contributed by atoms with van der Waals surface area (Å²) in [6.45, 7) is 1.88. The number of aliphatic hydroxyl groups excluding tert-OH is 1. The van der Waals surface area contributed by atoms with Crippen LogP contribution in [0.1, 0.15) is 22.7 Å². The number of aryl methyl sites for hydroxylation is 1. The summed E-state index contributed by atoms with van der Waals surface area (Å²) < 4.78 is 18.7. The quantitative estimate of drug-likeness (QED) is 0.326. The summed E-state index contributed by atoms with van der Waals surface area (Å²) in [7, 11) is 1.47. The van der Waals surface area contributed by atoms with Crippen LogP contribution in [-0.4, -0.2) is 23.9 Å². The van der Waals surface area contributed by atoms with Gasteiger partial charge in [-0.25, -0.2) is 4.39 Å². The van der Waals surface area contributed by atoms with Gasteiger partial charge in [0.25, 0.3) is 11.7 Å². The third-order valence-electron chi connectivity index (χ3n) is 5.34. The lowest BCUT2D eigenvalue weighted by molar-refractivity contribution is -0.132.